The number of hydrogen-bond donors (Lipinski definition) is 1. The van der Waals surface area contributed by atoms with Gasteiger partial charge in [-0.1, -0.05) is 30.3 Å². The van der Waals surface area contributed by atoms with Gasteiger partial charge in [-0.2, -0.15) is 0 Å². The van der Waals surface area contributed by atoms with Gasteiger partial charge in [0.05, 0.1) is 26.2 Å². The number of nitrogens with zero attached hydrogens (tertiary/aromatic N) is 3. The van der Waals surface area contributed by atoms with E-state index in [4.69, 9.17) is 4.74 Å². The first kappa shape index (κ1) is 16.5. The molecular formula is C21H23N4O+. The Morgan fingerprint density at radius 3 is 2.31 bits per heavy atom. The average molecular weight is 347 g/mol. The van der Waals surface area contributed by atoms with Crippen LogP contribution in [0.5, 0.6) is 11.5 Å². The molecule has 3 aromatic rings. The highest BCUT2D eigenvalue weighted by molar-refractivity contribution is 5.37. The van der Waals surface area contributed by atoms with E-state index in [1.165, 1.54) is 5.56 Å². The molecule has 0 saturated carbocycles. The Labute approximate surface area is 153 Å². The average Bonchev–Trinajstić information content (AvgIpc) is 2.72. The molecule has 1 N–H and O–H groups in total. The normalized spacial score (nSPS) is 15.0. The van der Waals surface area contributed by atoms with E-state index in [1.54, 1.807) is 17.3 Å². The third-order valence-corrected chi connectivity index (χ3v) is 4.69. The van der Waals surface area contributed by atoms with Crippen molar-refractivity contribution in [3.8, 4) is 11.5 Å². The van der Waals surface area contributed by atoms with Crippen molar-refractivity contribution in [3.05, 3.63) is 78.6 Å². The molecule has 0 bridgehead atoms. The van der Waals surface area contributed by atoms with Crippen molar-refractivity contribution in [2.24, 2.45) is 0 Å². The maximum absolute atomic E-state index is 6.10. The predicted octanol–water partition coefficient (Wildman–Crippen LogP) is 2.17. The van der Waals surface area contributed by atoms with E-state index >= 15 is 0 Å². The van der Waals surface area contributed by atoms with Gasteiger partial charge in [-0.15, -0.1) is 0 Å². The highest BCUT2D eigenvalue weighted by Gasteiger charge is 2.22. The summed E-state index contributed by atoms with van der Waals surface area (Å²) in [4.78, 5) is 12.5. The second-order valence-electron chi connectivity index (χ2n) is 6.49. The molecule has 0 aliphatic carbocycles. The molecule has 1 aliphatic rings. The molecule has 1 saturated heterocycles. The van der Waals surface area contributed by atoms with E-state index in [0.717, 1.165) is 50.2 Å². The van der Waals surface area contributed by atoms with Crippen LogP contribution in [0, 0.1) is 0 Å². The number of nitrogens with one attached hydrogen (secondary N) is 1. The molecule has 0 unspecified atom stereocenters. The van der Waals surface area contributed by atoms with Gasteiger partial charge in [0.1, 0.15) is 18.0 Å². The molecule has 0 amide bonds. The summed E-state index contributed by atoms with van der Waals surface area (Å²) in [6.07, 6.45) is 3.61. The minimum absolute atomic E-state index is 0.833. The fourth-order valence-electron chi connectivity index (χ4n) is 3.29. The van der Waals surface area contributed by atoms with Crippen molar-refractivity contribution in [1.29, 1.82) is 0 Å². The van der Waals surface area contributed by atoms with E-state index in [0.29, 0.717) is 0 Å². The molecule has 2 heterocycles. The van der Waals surface area contributed by atoms with Crippen molar-refractivity contribution in [3.63, 3.8) is 0 Å². The Kier molecular flexibility index (Phi) is 5.07. The SMILES string of the molecule is c1ccc(Oc2ccccc2C[NH+]2CCN(c3ncccn3)CC2)cc1. The van der Waals surface area contributed by atoms with Crippen LogP contribution in [0.4, 0.5) is 5.95 Å². The predicted molar refractivity (Wildman–Crippen MR) is 102 cm³/mol. The van der Waals surface area contributed by atoms with E-state index < -0.39 is 0 Å². The van der Waals surface area contributed by atoms with Gasteiger partial charge in [0.2, 0.25) is 5.95 Å². The number of ether oxygens (including phenoxy) is 1. The molecule has 5 heteroatoms. The molecule has 0 spiro atoms. The fraction of sp³-hybridized carbons (Fsp3) is 0.238. The van der Waals surface area contributed by atoms with Gasteiger partial charge in [0.25, 0.3) is 0 Å². The summed E-state index contributed by atoms with van der Waals surface area (Å²) in [6.45, 7) is 5.05. The van der Waals surface area contributed by atoms with Crippen LogP contribution in [-0.2, 0) is 6.54 Å². The summed E-state index contributed by atoms with van der Waals surface area (Å²) in [6, 6.07) is 20.1. The molecule has 1 fully saturated rings. The van der Waals surface area contributed by atoms with Gasteiger partial charge in [0.15, 0.2) is 0 Å². The number of hydrogen-bond acceptors (Lipinski definition) is 4. The molecule has 0 atom stereocenters. The molecule has 132 valence electrons. The van der Waals surface area contributed by atoms with Gasteiger partial charge >= 0.3 is 0 Å². The standard InChI is InChI=1S/C21H22N4O/c1-2-8-19(9-3-1)26-20-10-5-4-7-18(20)17-24-13-15-25(16-14-24)21-22-11-6-12-23-21/h1-12H,13-17H2/p+1. The molecule has 26 heavy (non-hydrogen) atoms. The summed E-state index contributed by atoms with van der Waals surface area (Å²) in [5.74, 6) is 2.65. The van der Waals surface area contributed by atoms with Gasteiger partial charge in [-0.05, 0) is 30.3 Å². The summed E-state index contributed by atoms with van der Waals surface area (Å²) in [7, 11) is 0. The van der Waals surface area contributed by atoms with E-state index in [1.807, 2.05) is 42.5 Å². The van der Waals surface area contributed by atoms with Gasteiger partial charge in [-0.3, -0.25) is 0 Å². The first-order valence-electron chi connectivity index (χ1n) is 9.05. The van der Waals surface area contributed by atoms with Gasteiger partial charge in [0, 0.05) is 18.0 Å². The first-order chi connectivity index (χ1) is 12.9. The molecular weight excluding hydrogens is 324 g/mol. The van der Waals surface area contributed by atoms with Crippen LogP contribution in [0.1, 0.15) is 5.56 Å². The lowest BCUT2D eigenvalue weighted by Crippen LogP contribution is -3.13. The number of benzene rings is 2. The number of para-hydroxylation sites is 2. The minimum Gasteiger partial charge on any atom is -0.457 e. The number of aromatic nitrogens is 2. The van der Waals surface area contributed by atoms with Crippen LogP contribution >= 0.6 is 0 Å². The Balaban J connectivity index is 1.39. The molecule has 4 rings (SSSR count). The maximum atomic E-state index is 6.10. The van der Waals surface area contributed by atoms with E-state index in [-0.39, 0.29) is 0 Å². The fourth-order valence-corrected chi connectivity index (χ4v) is 3.29. The second kappa shape index (κ2) is 7.97. The zero-order valence-corrected chi connectivity index (χ0v) is 14.7. The number of anilines is 1. The van der Waals surface area contributed by atoms with E-state index in [9.17, 15) is 0 Å². The van der Waals surface area contributed by atoms with Crippen LogP contribution in [0.2, 0.25) is 0 Å². The second-order valence-corrected chi connectivity index (χ2v) is 6.49. The first-order valence-corrected chi connectivity index (χ1v) is 9.05. The monoisotopic (exact) mass is 347 g/mol. The van der Waals surface area contributed by atoms with Crippen LogP contribution in [0.15, 0.2) is 73.1 Å². The topological polar surface area (TPSA) is 42.7 Å². The Hall–Kier alpha value is -2.92. The van der Waals surface area contributed by atoms with Crippen LogP contribution < -0.4 is 14.5 Å². The number of piperazine rings is 1. The summed E-state index contributed by atoms with van der Waals surface area (Å²) >= 11 is 0. The van der Waals surface area contributed by atoms with Gasteiger partial charge in [-0.25, -0.2) is 9.97 Å². The zero-order chi connectivity index (χ0) is 17.6. The van der Waals surface area contributed by atoms with Crippen LogP contribution in [-0.4, -0.2) is 36.1 Å². The van der Waals surface area contributed by atoms with Crippen molar-refractivity contribution in [1.82, 2.24) is 9.97 Å². The van der Waals surface area contributed by atoms with Crippen LogP contribution in [0.3, 0.4) is 0 Å². The summed E-state index contributed by atoms with van der Waals surface area (Å²) in [5.41, 5.74) is 1.25. The van der Waals surface area contributed by atoms with Gasteiger partial charge < -0.3 is 14.5 Å². The molecule has 0 radical (unpaired) electrons. The maximum Gasteiger partial charge on any atom is 0.225 e. The highest BCUT2D eigenvalue weighted by Crippen LogP contribution is 2.24. The molecule has 2 aromatic carbocycles. The molecule has 1 aromatic heterocycles. The largest absolute Gasteiger partial charge is 0.457 e. The molecule has 1 aliphatic heterocycles. The summed E-state index contributed by atoms with van der Waals surface area (Å²) < 4.78 is 6.10. The smallest absolute Gasteiger partial charge is 0.225 e. The third kappa shape index (κ3) is 4.00. The zero-order valence-electron chi connectivity index (χ0n) is 14.7. The summed E-state index contributed by atoms with van der Waals surface area (Å²) in [5, 5.41) is 0. The lowest BCUT2D eigenvalue weighted by Gasteiger charge is -2.32. The Morgan fingerprint density at radius 1 is 0.846 bits per heavy atom. The molecule has 5 nitrogen and oxygen atoms in total. The van der Waals surface area contributed by atoms with Crippen molar-refractivity contribution in [2.45, 2.75) is 6.54 Å². The minimum atomic E-state index is 0.833. The number of rotatable bonds is 5. The Bertz CT molecular complexity index is 818. The van der Waals surface area contributed by atoms with Crippen molar-refractivity contribution >= 4 is 5.95 Å². The highest BCUT2D eigenvalue weighted by atomic mass is 16.5. The number of quaternary nitrogens is 1. The Morgan fingerprint density at radius 2 is 1.54 bits per heavy atom. The van der Waals surface area contributed by atoms with Crippen molar-refractivity contribution < 1.29 is 9.64 Å². The van der Waals surface area contributed by atoms with Crippen molar-refractivity contribution in [2.75, 3.05) is 31.1 Å². The van der Waals surface area contributed by atoms with E-state index in [2.05, 4.69) is 33.1 Å². The quantitative estimate of drug-likeness (QED) is 0.768. The lowest BCUT2D eigenvalue weighted by molar-refractivity contribution is -0.914. The third-order valence-electron chi connectivity index (χ3n) is 4.69. The van der Waals surface area contributed by atoms with Crippen LogP contribution in [0.25, 0.3) is 0 Å². The lowest BCUT2D eigenvalue weighted by atomic mass is 10.1.